The van der Waals surface area contributed by atoms with Gasteiger partial charge in [-0.1, -0.05) is 31.2 Å². The summed E-state index contributed by atoms with van der Waals surface area (Å²) in [4.78, 5) is 32.1. The Labute approximate surface area is 222 Å². The average molecular weight is 517 g/mol. The molecule has 3 aromatic rings. The van der Waals surface area contributed by atoms with E-state index in [4.69, 9.17) is 4.74 Å². The van der Waals surface area contributed by atoms with Gasteiger partial charge in [-0.3, -0.25) is 4.79 Å². The highest BCUT2D eigenvalue weighted by molar-refractivity contribution is 5.93. The summed E-state index contributed by atoms with van der Waals surface area (Å²) in [7, 11) is 0. The first-order valence-corrected chi connectivity index (χ1v) is 13.4. The number of ether oxygens (including phenoxy) is 1. The van der Waals surface area contributed by atoms with Crippen LogP contribution in [0.2, 0.25) is 0 Å². The first-order valence-electron chi connectivity index (χ1n) is 13.4. The van der Waals surface area contributed by atoms with E-state index in [9.17, 15) is 9.59 Å². The molecule has 1 spiro atoms. The predicted octanol–water partition coefficient (Wildman–Crippen LogP) is 5.64. The van der Waals surface area contributed by atoms with Crippen molar-refractivity contribution in [1.82, 2.24) is 19.5 Å². The molecule has 1 unspecified atom stereocenters. The molecule has 0 bridgehead atoms. The SMILES string of the molecule is CCOC(=O)/C=C/c1cccc(-c2cc3nc(C(=O)N4CCCC5(CC=CC5)C4C)cc(CC)n3n2)c1F. The fourth-order valence-electron chi connectivity index (χ4n) is 5.78. The molecule has 7 nitrogen and oxygen atoms in total. The average Bonchev–Trinajstić information content (AvgIpc) is 3.57. The molecule has 1 aliphatic carbocycles. The lowest BCUT2D eigenvalue weighted by atomic mass is 9.72. The maximum Gasteiger partial charge on any atom is 0.330 e. The Balaban J connectivity index is 1.48. The van der Waals surface area contributed by atoms with Crippen molar-refractivity contribution in [2.45, 2.75) is 58.9 Å². The Bertz CT molecular complexity index is 1430. The minimum Gasteiger partial charge on any atom is -0.463 e. The third kappa shape index (κ3) is 4.64. The second-order valence-electron chi connectivity index (χ2n) is 10.1. The van der Waals surface area contributed by atoms with Crippen LogP contribution in [0.3, 0.4) is 0 Å². The van der Waals surface area contributed by atoms with Gasteiger partial charge in [0.05, 0.1) is 12.3 Å². The molecule has 0 N–H and O–H groups in total. The molecule has 8 heteroatoms. The van der Waals surface area contributed by atoms with E-state index >= 15 is 4.39 Å². The zero-order valence-corrected chi connectivity index (χ0v) is 22.1. The van der Waals surface area contributed by atoms with E-state index in [1.807, 2.05) is 17.9 Å². The Morgan fingerprint density at radius 1 is 1.21 bits per heavy atom. The lowest BCUT2D eigenvalue weighted by Crippen LogP contribution is -2.52. The first-order chi connectivity index (χ1) is 18.4. The monoisotopic (exact) mass is 516 g/mol. The van der Waals surface area contributed by atoms with Crippen molar-refractivity contribution in [1.29, 1.82) is 0 Å². The van der Waals surface area contributed by atoms with Crippen LogP contribution in [0.1, 0.15) is 68.2 Å². The highest BCUT2D eigenvalue weighted by atomic mass is 19.1. The van der Waals surface area contributed by atoms with Crippen molar-refractivity contribution in [2.75, 3.05) is 13.2 Å². The number of likely N-dealkylation sites (tertiary alicyclic amines) is 1. The van der Waals surface area contributed by atoms with Crippen LogP contribution in [0.4, 0.5) is 4.39 Å². The van der Waals surface area contributed by atoms with E-state index < -0.39 is 11.8 Å². The Morgan fingerprint density at radius 3 is 2.74 bits per heavy atom. The molecule has 1 saturated heterocycles. The number of halogens is 1. The van der Waals surface area contributed by atoms with Crippen molar-refractivity contribution < 1.29 is 18.7 Å². The molecule has 2 aliphatic rings. The van der Waals surface area contributed by atoms with Gasteiger partial charge in [0.1, 0.15) is 11.5 Å². The Hall–Kier alpha value is -3.81. The van der Waals surface area contributed by atoms with Gasteiger partial charge in [0.25, 0.3) is 5.91 Å². The molecule has 3 heterocycles. The summed E-state index contributed by atoms with van der Waals surface area (Å²) < 4.78 is 22.0. The number of aromatic nitrogens is 3. The molecule has 1 atom stereocenters. The quantitative estimate of drug-likeness (QED) is 0.241. The van der Waals surface area contributed by atoms with Gasteiger partial charge >= 0.3 is 5.97 Å². The second kappa shape index (κ2) is 10.5. The van der Waals surface area contributed by atoms with Crippen LogP contribution < -0.4 is 0 Å². The summed E-state index contributed by atoms with van der Waals surface area (Å²) >= 11 is 0. The number of carbonyl (C=O) groups is 2. The summed E-state index contributed by atoms with van der Waals surface area (Å²) in [6, 6.07) is 8.57. The third-order valence-electron chi connectivity index (χ3n) is 7.98. The maximum absolute atomic E-state index is 15.4. The molecule has 2 aromatic heterocycles. The number of esters is 1. The summed E-state index contributed by atoms with van der Waals surface area (Å²) in [5.74, 6) is -1.10. The van der Waals surface area contributed by atoms with Gasteiger partial charge in [0.2, 0.25) is 0 Å². The minimum atomic E-state index is -0.530. The van der Waals surface area contributed by atoms with Crippen molar-refractivity contribution in [3.8, 4) is 11.3 Å². The van der Waals surface area contributed by atoms with E-state index in [1.165, 1.54) is 12.2 Å². The number of piperidine rings is 1. The predicted molar refractivity (Wildman–Crippen MR) is 144 cm³/mol. The molecular formula is C30H33FN4O3. The number of allylic oxidation sites excluding steroid dienone is 2. The topological polar surface area (TPSA) is 76.8 Å². The number of aryl methyl sites for hydroxylation is 1. The van der Waals surface area contributed by atoms with E-state index in [2.05, 4.69) is 29.2 Å². The van der Waals surface area contributed by atoms with Crippen LogP contribution in [0, 0.1) is 11.2 Å². The molecule has 38 heavy (non-hydrogen) atoms. The molecule has 0 radical (unpaired) electrons. The van der Waals surface area contributed by atoms with Crippen molar-refractivity contribution >= 4 is 23.6 Å². The van der Waals surface area contributed by atoms with Crippen LogP contribution in [0.15, 0.2) is 48.6 Å². The zero-order valence-electron chi connectivity index (χ0n) is 22.1. The lowest BCUT2D eigenvalue weighted by molar-refractivity contribution is -0.137. The third-order valence-corrected chi connectivity index (χ3v) is 7.98. The van der Waals surface area contributed by atoms with Crippen LogP contribution >= 0.6 is 0 Å². The van der Waals surface area contributed by atoms with Crippen LogP contribution in [-0.2, 0) is 16.0 Å². The molecule has 0 saturated carbocycles. The van der Waals surface area contributed by atoms with Gasteiger partial charge in [-0.2, -0.15) is 5.10 Å². The molecule has 1 aromatic carbocycles. The number of hydrogen-bond acceptors (Lipinski definition) is 5. The minimum absolute atomic E-state index is 0.0688. The zero-order chi connectivity index (χ0) is 26.9. The van der Waals surface area contributed by atoms with Gasteiger partial charge in [0, 0.05) is 41.5 Å². The van der Waals surface area contributed by atoms with E-state index in [0.29, 0.717) is 23.5 Å². The van der Waals surface area contributed by atoms with Crippen molar-refractivity contribution in [3.05, 3.63) is 71.3 Å². The second-order valence-corrected chi connectivity index (χ2v) is 10.1. The number of fused-ring (bicyclic) bond motifs is 1. The van der Waals surface area contributed by atoms with Crippen LogP contribution in [-0.4, -0.2) is 50.6 Å². The van der Waals surface area contributed by atoms with Gasteiger partial charge in [-0.25, -0.2) is 18.7 Å². The molecular weight excluding hydrogens is 483 g/mol. The van der Waals surface area contributed by atoms with Gasteiger partial charge in [0.15, 0.2) is 5.65 Å². The van der Waals surface area contributed by atoms with E-state index in [0.717, 1.165) is 37.9 Å². The highest BCUT2D eigenvalue weighted by Gasteiger charge is 2.44. The summed E-state index contributed by atoms with van der Waals surface area (Å²) in [6.45, 7) is 6.84. The largest absolute Gasteiger partial charge is 0.463 e. The fraction of sp³-hybridized carbons (Fsp3) is 0.400. The van der Waals surface area contributed by atoms with E-state index in [-0.39, 0.29) is 35.1 Å². The number of benzene rings is 1. The normalized spacial score (nSPS) is 18.6. The molecule has 5 rings (SSSR count). The van der Waals surface area contributed by atoms with Gasteiger partial charge < -0.3 is 9.64 Å². The maximum atomic E-state index is 15.4. The highest BCUT2D eigenvalue weighted by Crippen LogP contribution is 2.46. The van der Waals surface area contributed by atoms with Crippen LogP contribution in [0.25, 0.3) is 23.0 Å². The first kappa shape index (κ1) is 25.8. The number of hydrogen-bond donors (Lipinski definition) is 0. The molecule has 1 amide bonds. The van der Waals surface area contributed by atoms with E-state index in [1.54, 1.807) is 35.7 Å². The Kier molecular flexibility index (Phi) is 7.15. The summed E-state index contributed by atoms with van der Waals surface area (Å²) in [5, 5.41) is 4.63. The van der Waals surface area contributed by atoms with Crippen LogP contribution in [0.5, 0.6) is 0 Å². The van der Waals surface area contributed by atoms with Crippen molar-refractivity contribution in [2.24, 2.45) is 5.41 Å². The smallest absolute Gasteiger partial charge is 0.330 e. The number of nitrogens with zero attached hydrogens (tertiary/aromatic N) is 4. The van der Waals surface area contributed by atoms with Crippen molar-refractivity contribution in [3.63, 3.8) is 0 Å². The molecule has 1 aliphatic heterocycles. The summed E-state index contributed by atoms with van der Waals surface area (Å²) in [6.07, 6.45) is 11.8. The van der Waals surface area contributed by atoms with Gasteiger partial charge in [-0.15, -0.1) is 0 Å². The fourth-order valence-corrected chi connectivity index (χ4v) is 5.78. The molecule has 198 valence electrons. The Morgan fingerprint density at radius 2 is 2.00 bits per heavy atom. The summed E-state index contributed by atoms with van der Waals surface area (Å²) in [5.41, 5.74) is 2.78. The lowest BCUT2D eigenvalue weighted by Gasteiger charge is -2.46. The number of rotatable bonds is 6. The van der Waals surface area contributed by atoms with Gasteiger partial charge in [-0.05, 0) is 69.6 Å². The number of amides is 1. The number of carbonyl (C=O) groups excluding carboxylic acids is 2. The molecule has 1 fully saturated rings. The standard InChI is InChI=1S/C30H33FN4O3/c1-4-22-18-25(29(37)34-17-9-16-30(20(34)3)14-6-7-15-30)32-26-19-24(33-35(22)26)23-11-8-10-21(28(23)31)12-13-27(36)38-5-2/h6-8,10-13,18-20H,4-5,9,14-17H2,1-3H3/b13-12+.